The zero-order valence-corrected chi connectivity index (χ0v) is 21.4. The van der Waals surface area contributed by atoms with E-state index in [0.29, 0.717) is 26.2 Å². The van der Waals surface area contributed by atoms with E-state index in [2.05, 4.69) is 64.1 Å². The second-order valence-electron chi connectivity index (χ2n) is 8.46. The van der Waals surface area contributed by atoms with Crippen molar-refractivity contribution in [3.05, 3.63) is 74.6 Å². The SMILES string of the molecule is COC(=O)c1ccc(C(=O)N/N=C(/C)c2c(Br)sc(-c3ccc(C(C)(C)C)cc3)c2O)cc1. The average molecular weight is 529 g/mol. The van der Waals surface area contributed by atoms with E-state index in [-0.39, 0.29) is 11.2 Å². The van der Waals surface area contributed by atoms with Gasteiger partial charge in [0.2, 0.25) is 0 Å². The van der Waals surface area contributed by atoms with Gasteiger partial charge in [-0.25, -0.2) is 10.2 Å². The minimum absolute atomic E-state index is 0.0445. The predicted octanol–water partition coefficient (Wildman–Crippen LogP) is 6.12. The molecule has 0 atom stereocenters. The first kappa shape index (κ1) is 24.7. The van der Waals surface area contributed by atoms with Gasteiger partial charge in [-0.2, -0.15) is 5.10 Å². The summed E-state index contributed by atoms with van der Waals surface area (Å²) in [6, 6.07) is 14.2. The van der Waals surface area contributed by atoms with E-state index in [1.165, 1.54) is 48.3 Å². The number of hydrazone groups is 1. The molecule has 3 aromatic rings. The number of rotatable bonds is 5. The number of nitrogens with one attached hydrogen (secondary N) is 1. The van der Waals surface area contributed by atoms with Crippen molar-refractivity contribution in [1.82, 2.24) is 5.43 Å². The molecule has 2 aromatic carbocycles. The van der Waals surface area contributed by atoms with Gasteiger partial charge in [0.15, 0.2) is 0 Å². The third-order valence-electron chi connectivity index (χ3n) is 5.11. The van der Waals surface area contributed by atoms with Crippen LogP contribution in [0.5, 0.6) is 5.75 Å². The molecule has 0 unspecified atom stereocenters. The van der Waals surface area contributed by atoms with Gasteiger partial charge in [-0.1, -0.05) is 45.0 Å². The molecule has 0 saturated carbocycles. The van der Waals surface area contributed by atoms with E-state index in [4.69, 9.17) is 0 Å². The molecule has 0 saturated heterocycles. The van der Waals surface area contributed by atoms with Crippen LogP contribution in [0.25, 0.3) is 10.4 Å². The first-order chi connectivity index (χ1) is 15.5. The van der Waals surface area contributed by atoms with Crippen molar-refractivity contribution in [3.8, 4) is 16.2 Å². The standard InChI is InChI=1S/C25H25BrN2O4S/c1-14(27-28-23(30)16-6-8-17(9-7-16)24(31)32-5)19-20(29)21(33-22(19)26)15-10-12-18(13-11-15)25(2,3)4/h6-13,29H,1-5H3,(H,28,30)/b27-14-. The van der Waals surface area contributed by atoms with Crippen molar-refractivity contribution >= 4 is 44.9 Å². The summed E-state index contributed by atoms with van der Waals surface area (Å²) in [5.41, 5.74) is 6.32. The highest BCUT2D eigenvalue weighted by Crippen LogP contribution is 2.45. The van der Waals surface area contributed by atoms with E-state index in [0.717, 1.165) is 10.4 Å². The highest BCUT2D eigenvalue weighted by Gasteiger charge is 2.21. The Morgan fingerprint density at radius 1 is 1.03 bits per heavy atom. The minimum atomic E-state index is -0.475. The number of carbonyl (C=O) groups excluding carboxylic acids is 2. The predicted molar refractivity (Wildman–Crippen MR) is 135 cm³/mol. The van der Waals surface area contributed by atoms with Gasteiger partial charge in [-0.15, -0.1) is 11.3 Å². The van der Waals surface area contributed by atoms with E-state index < -0.39 is 11.9 Å². The molecule has 3 rings (SSSR count). The van der Waals surface area contributed by atoms with Crippen LogP contribution in [0.15, 0.2) is 57.4 Å². The van der Waals surface area contributed by atoms with Gasteiger partial charge in [0.25, 0.3) is 5.91 Å². The van der Waals surface area contributed by atoms with Crippen LogP contribution in [0.4, 0.5) is 0 Å². The molecule has 2 N–H and O–H groups in total. The summed E-state index contributed by atoms with van der Waals surface area (Å²) in [6.45, 7) is 8.17. The van der Waals surface area contributed by atoms with Gasteiger partial charge in [0.1, 0.15) is 5.75 Å². The van der Waals surface area contributed by atoms with Crippen LogP contribution in [0.2, 0.25) is 0 Å². The molecular formula is C25H25BrN2O4S. The molecule has 1 heterocycles. The maximum absolute atomic E-state index is 12.4. The van der Waals surface area contributed by atoms with Crippen molar-refractivity contribution < 1.29 is 19.4 Å². The Morgan fingerprint density at radius 2 is 1.61 bits per heavy atom. The molecule has 0 aliphatic rings. The highest BCUT2D eigenvalue weighted by atomic mass is 79.9. The average Bonchev–Trinajstić information content (AvgIpc) is 3.10. The van der Waals surface area contributed by atoms with Gasteiger partial charge in [0, 0.05) is 5.56 Å². The monoisotopic (exact) mass is 528 g/mol. The molecule has 0 aliphatic heterocycles. The summed E-state index contributed by atoms with van der Waals surface area (Å²) < 4.78 is 5.37. The molecular weight excluding hydrogens is 504 g/mol. The second kappa shape index (κ2) is 9.89. The third kappa shape index (κ3) is 5.51. The first-order valence-corrected chi connectivity index (χ1v) is 11.8. The number of ether oxygens (including phenoxy) is 1. The quantitative estimate of drug-likeness (QED) is 0.237. The van der Waals surface area contributed by atoms with Gasteiger partial charge >= 0.3 is 5.97 Å². The second-order valence-corrected chi connectivity index (χ2v) is 10.8. The number of carbonyl (C=O) groups is 2. The van der Waals surface area contributed by atoms with Crippen molar-refractivity contribution in [2.24, 2.45) is 5.10 Å². The zero-order chi connectivity index (χ0) is 24.3. The fourth-order valence-electron chi connectivity index (χ4n) is 3.16. The van der Waals surface area contributed by atoms with E-state index in [1.54, 1.807) is 6.92 Å². The lowest BCUT2D eigenvalue weighted by Gasteiger charge is -2.19. The fraction of sp³-hybridized carbons (Fsp3) is 0.240. The smallest absolute Gasteiger partial charge is 0.337 e. The number of nitrogens with zero attached hydrogens (tertiary/aromatic N) is 1. The van der Waals surface area contributed by atoms with Gasteiger partial charge in [-0.3, -0.25) is 4.79 Å². The Bertz CT molecular complexity index is 1210. The molecule has 0 spiro atoms. The fourth-order valence-corrected chi connectivity index (χ4v) is 5.10. The topological polar surface area (TPSA) is 88.0 Å². The lowest BCUT2D eigenvalue weighted by molar-refractivity contribution is 0.0600. The lowest BCUT2D eigenvalue weighted by Crippen LogP contribution is -2.19. The van der Waals surface area contributed by atoms with Gasteiger partial charge in [0.05, 0.1) is 32.6 Å². The summed E-state index contributed by atoms with van der Waals surface area (Å²) in [5.74, 6) is -0.805. The normalized spacial score (nSPS) is 11.9. The van der Waals surface area contributed by atoms with E-state index in [1.807, 2.05) is 12.1 Å². The molecule has 1 aromatic heterocycles. The summed E-state index contributed by atoms with van der Waals surface area (Å²) in [5, 5.41) is 15.1. The third-order valence-corrected chi connectivity index (χ3v) is 7.01. The Morgan fingerprint density at radius 3 is 2.15 bits per heavy atom. The van der Waals surface area contributed by atoms with Crippen LogP contribution in [0.3, 0.4) is 0 Å². The largest absolute Gasteiger partial charge is 0.506 e. The van der Waals surface area contributed by atoms with E-state index >= 15 is 0 Å². The number of aromatic hydroxyl groups is 1. The van der Waals surface area contributed by atoms with Crippen LogP contribution >= 0.6 is 27.3 Å². The van der Waals surface area contributed by atoms with Crippen LogP contribution in [0.1, 0.15) is 59.5 Å². The molecule has 0 aliphatic carbocycles. The summed E-state index contributed by atoms with van der Waals surface area (Å²) in [7, 11) is 1.30. The van der Waals surface area contributed by atoms with Gasteiger partial charge in [-0.05, 0) is 63.7 Å². The highest BCUT2D eigenvalue weighted by molar-refractivity contribution is 9.11. The van der Waals surface area contributed by atoms with Gasteiger partial charge < -0.3 is 9.84 Å². The van der Waals surface area contributed by atoms with E-state index in [9.17, 15) is 14.7 Å². The molecule has 172 valence electrons. The van der Waals surface area contributed by atoms with Crippen LogP contribution in [-0.2, 0) is 10.2 Å². The number of halogens is 1. The Kier molecular flexibility index (Phi) is 7.39. The minimum Gasteiger partial charge on any atom is -0.506 e. The number of amides is 1. The van der Waals surface area contributed by atoms with Crippen molar-refractivity contribution in [1.29, 1.82) is 0 Å². The number of hydrogen-bond acceptors (Lipinski definition) is 6. The molecule has 0 radical (unpaired) electrons. The Balaban J connectivity index is 1.80. The molecule has 6 nitrogen and oxygen atoms in total. The molecule has 1 amide bonds. The Hall–Kier alpha value is -2.97. The zero-order valence-electron chi connectivity index (χ0n) is 19.0. The summed E-state index contributed by atoms with van der Waals surface area (Å²) >= 11 is 4.92. The van der Waals surface area contributed by atoms with Crippen LogP contribution < -0.4 is 5.43 Å². The number of methoxy groups -OCH3 is 1. The molecule has 33 heavy (non-hydrogen) atoms. The number of hydrogen-bond donors (Lipinski definition) is 2. The maximum atomic E-state index is 12.4. The van der Waals surface area contributed by atoms with Crippen molar-refractivity contribution in [2.75, 3.05) is 7.11 Å². The Labute approximate surface area is 205 Å². The summed E-state index contributed by atoms with van der Waals surface area (Å²) in [6.07, 6.45) is 0. The van der Waals surface area contributed by atoms with Crippen molar-refractivity contribution in [3.63, 3.8) is 0 Å². The van der Waals surface area contributed by atoms with Crippen molar-refractivity contribution in [2.45, 2.75) is 33.1 Å². The summed E-state index contributed by atoms with van der Waals surface area (Å²) in [4.78, 5) is 24.7. The molecule has 0 fully saturated rings. The van der Waals surface area contributed by atoms with Crippen LogP contribution in [-0.4, -0.2) is 29.8 Å². The number of thiophene rings is 1. The van der Waals surface area contributed by atoms with Crippen LogP contribution in [0, 0.1) is 0 Å². The molecule has 0 bridgehead atoms. The first-order valence-electron chi connectivity index (χ1n) is 10.2. The number of esters is 1. The number of benzene rings is 2. The lowest BCUT2D eigenvalue weighted by atomic mass is 9.86. The molecule has 8 heteroatoms. The maximum Gasteiger partial charge on any atom is 0.337 e.